The molecule has 5 fully saturated rings. The third-order valence-corrected chi connectivity index (χ3v) is 7.32. The molecule has 0 spiro atoms. The van der Waals surface area contributed by atoms with Crippen LogP contribution >= 0.6 is 8.46 Å². The van der Waals surface area contributed by atoms with Crippen LogP contribution in [0, 0.1) is 23.2 Å². The van der Waals surface area contributed by atoms with E-state index in [0.717, 1.165) is 35.7 Å². The monoisotopic (exact) mass is 346 g/mol. The molecular formula is C19H23O4P. The van der Waals surface area contributed by atoms with E-state index in [1.165, 1.54) is 38.5 Å². The molecule has 4 aliphatic carbocycles. The molecule has 5 aliphatic rings. The van der Waals surface area contributed by atoms with Gasteiger partial charge in [-0.2, -0.15) is 0 Å². The SMILES string of the molecule is O=PC1(c2ccc(OCC34CC5CC(CC(C5)C3)C4)cc2)OCO1. The maximum atomic E-state index is 11.3. The van der Waals surface area contributed by atoms with Crippen molar-refractivity contribution >= 4 is 8.46 Å². The van der Waals surface area contributed by atoms with Crippen LogP contribution < -0.4 is 4.74 Å². The Balaban J connectivity index is 1.26. The highest BCUT2D eigenvalue weighted by Gasteiger charge is 2.51. The van der Waals surface area contributed by atoms with Gasteiger partial charge in [-0.1, -0.05) is 0 Å². The molecule has 6 rings (SSSR count). The van der Waals surface area contributed by atoms with Crippen LogP contribution in [0.1, 0.15) is 44.1 Å². The van der Waals surface area contributed by atoms with Gasteiger partial charge in [-0.3, -0.25) is 4.57 Å². The first-order chi connectivity index (χ1) is 11.7. The second-order valence-corrected chi connectivity index (χ2v) is 9.08. The summed E-state index contributed by atoms with van der Waals surface area (Å²) in [6.45, 7) is 1.04. The average Bonchev–Trinajstić information content (AvgIpc) is 2.52. The summed E-state index contributed by atoms with van der Waals surface area (Å²) in [5, 5.41) is 0. The number of ether oxygens (including phenoxy) is 3. The summed E-state index contributed by atoms with van der Waals surface area (Å²) >= 11 is 0. The van der Waals surface area contributed by atoms with Crippen molar-refractivity contribution in [1.29, 1.82) is 0 Å². The molecule has 0 atom stereocenters. The van der Waals surface area contributed by atoms with Crippen molar-refractivity contribution in [2.75, 3.05) is 13.4 Å². The number of rotatable bonds is 5. The smallest absolute Gasteiger partial charge is 0.282 e. The van der Waals surface area contributed by atoms with Crippen LogP contribution in [0.3, 0.4) is 0 Å². The minimum Gasteiger partial charge on any atom is -0.493 e. The largest absolute Gasteiger partial charge is 0.493 e. The van der Waals surface area contributed by atoms with E-state index < -0.39 is 5.53 Å². The van der Waals surface area contributed by atoms with E-state index in [-0.39, 0.29) is 15.3 Å². The third-order valence-electron chi connectivity index (χ3n) is 6.56. The van der Waals surface area contributed by atoms with Gasteiger partial charge in [0.05, 0.1) is 6.61 Å². The summed E-state index contributed by atoms with van der Waals surface area (Å²) in [4.78, 5) is 0. The minimum absolute atomic E-state index is 0.166. The molecule has 4 nitrogen and oxygen atoms in total. The summed E-state index contributed by atoms with van der Waals surface area (Å²) in [6, 6.07) is 7.65. The molecule has 24 heavy (non-hydrogen) atoms. The molecule has 1 aliphatic heterocycles. The van der Waals surface area contributed by atoms with Gasteiger partial charge < -0.3 is 14.2 Å². The second-order valence-electron chi connectivity index (χ2n) is 8.31. The Kier molecular flexibility index (Phi) is 3.52. The predicted molar refractivity (Wildman–Crippen MR) is 88.9 cm³/mol. The molecule has 0 N–H and O–H groups in total. The van der Waals surface area contributed by atoms with Crippen molar-refractivity contribution in [3.05, 3.63) is 29.8 Å². The Bertz CT molecular complexity index is 602. The van der Waals surface area contributed by atoms with Crippen molar-refractivity contribution in [2.45, 2.75) is 44.1 Å². The van der Waals surface area contributed by atoms with Crippen molar-refractivity contribution in [3.63, 3.8) is 0 Å². The molecule has 128 valence electrons. The summed E-state index contributed by atoms with van der Waals surface area (Å²) in [5.74, 6) is 3.73. The lowest BCUT2D eigenvalue weighted by molar-refractivity contribution is -0.357. The van der Waals surface area contributed by atoms with Crippen molar-refractivity contribution < 1.29 is 18.8 Å². The normalized spacial score (nSPS) is 38.9. The van der Waals surface area contributed by atoms with Gasteiger partial charge in [-0.15, -0.1) is 0 Å². The predicted octanol–water partition coefficient (Wildman–Crippen LogP) is 4.69. The molecule has 0 amide bonds. The standard InChI is InChI=1S/C19H23O4P/c20-24-19(22-12-23-19)16-1-3-17(4-2-16)21-11-18-8-13-5-14(9-18)7-15(6-13)10-18/h1-4,13-15H,5-12H2. The summed E-state index contributed by atoms with van der Waals surface area (Å²) in [6.07, 6.45) is 8.46. The minimum atomic E-state index is -1.10. The van der Waals surface area contributed by atoms with E-state index in [0.29, 0.717) is 5.41 Å². The molecule has 0 unspecified atom stereocenters. The van der Waals surface area contributed by atoms with Gasteiger partial charge in [0.15, 0.2) is 6.79 Å². The van der Waals surface area contributed by atoms with Gasteiger partial charge in [0.2, 0.25) is 8.46 Å². The molecule has 0 aromatic heterocycles. The summed E-state index contributed by atoms with van der Waals surface area (Å²) in [5.41, 5.74) is 0.0913. The fraction of sp³-hybridized carbons (Fsp3) is 0.684. The maximum absolute atomic E-state index is 11.3. The van der Waals surface area contributed by atoms with Gasteiger partial charge in [-0.25, -0.2) is 0 Å². The average molecular weight is 346 g/mol. The molecule has 4 bridgehead atoms. The van der Waals surface area contributed by atoms with E-state index in [1.807, 2.05) is 24.3 Å². The van der Waals surface area contributed by atoms with E-state index in [1.54, 1.807) is 0 Å². The van der Waals surface area contributed by atoms with Gasteiger partial charge in [0.1, 0.15) is 5.75 Å². The first-order valence-corrected chi connectivity index (χ1v) is 9.86. The second kappa shape index (κ2) is 5.52. The van der Waals surface area contributed by atoms with E-state index in [9.17, 15) is 4.57 Å². The Morgan fingerprint density at radius 3 is 2.04 bits per heavy atom. The zero-order valence-electron chi connectivity index (χ0n) is 13.8. The van der Waals surface area contributed by atoms with Crippen molar-refractivity contribution in [2.24, 2.45) is 23.2 Å². The van der Waals surface area contributed by atoms with E-state index in [4.69, 9.17) is 14.2 Å². The Morgan fingerprint density at radius 1 is 1.00 bits per heavy atom. The van der Waals surface area contributed by atoms with Crippen LogP contribution in [0.4, 0.5) is 0 Å². The molecular weight excluding hydrogens is 323 g/mol. The van der Waals surface area contributed by atoms with Gasteiger partial charge in [-0.05, 0) is 80.5 Å². The van der Waals surface area contributed by atoms with Gasteiger partial charge in [0.25, 0.3) is 5.53 Å². The van der Waals surface area contributed by atoms with Crippen LogP contribution in [-0.2, 0) is 19.6 Å². The van der Waals surface area contributed by atoms with Crippen LogP contribution in [0.5, 0.6) is 5.75 Å². The lowest BCUT2D eigenvalue weighted by atomic mass is 9.50. The maximum Gasteiger partial charge on any atom is 0.282 e. The zero-order chi connectivity index (χ0) is 16.2. The molecule has 0 radical (unpaired) electrons. The number of benzene rings is 1. The van der Waals surface area contributed by atoms with E-state index >= 15 is 0 Å². The van der Waals surface area contributed by atoms with Crippen LogP contribution in [-0.4, -0.2) is 13.4 Å². The summed E-state index contributed by atoms with van der Waals surface area (Å²) in [7, 11) is -0.166. The van der Waals surface area contributed by atoms with Crippen molar-refractivity contribution in [1.82, 2.24) is 0 Å². The lowest BCUT2D eigenvalue weighted by Gasteiger charge is -2.56. The third kappa shape index (κ3) is 2.42. The number of hydrogen-bond donors (Lipinski definition) is 0. The number of hydrogen-bond acceptors (Lipinski definition) is 4. The molecule has 5 heteroatoms. The van der Waals surface area contributed by atoms with Crippen LogP contribution in [0.15, 0.2) is 24.3 Å². The molecule has 4 saturated carbocycles. The highest BCUT2D eigenvalue weighted by Crippen LogP contribution is 2.60. The fourth-order valence-corrected chi connectivity index (χ4v) is 6.37. The quantitative estimate of drug-likeness (QED) is 0.726. The topological polar surface area (TPSA) is 44.8 Å². The lowest BCUT2D eigenvalue weighted by Crippen LogP contribution is -2.48. The van der Waals surface area contributed by atoms with Gasteiger partial charge in [0, 0.05) is 11.0 Å². The zero-order valence-corrected chi connectivity index (χ0v) is 14.7. The fourth-order valence-electron chi connectivity index (χ4n) is 5.91. The highest BCUT2D eigenvalue weighted by atomic mass is 31.1. The highest BCUT2D eigenvalue weighted by molar-refractivity contribution is 7.25. The first-order valence-electron chi connectivity index (χ1n) is 9.04. The van der Waals surface area contributed by atoms with Crippen molar-refractivity contribution in [3.8, 4) is 5.75 Å². The molecule has 1 aromatic rings. The van der Waals surface area contributed by atoms with Crippen LogP contribution in [0.25, 0.3) is 0 Å². The summed E-state index contributed by atoms with van der Waals surface area (Å²) < 4.78 is 28.1. The molecule has 1 saturated heterocycles. The van der Waals surface area contributed by atoms with E-state index in [2.05, 4.69) is 0 Å². The Labute approximate surface area is 144 Å². The Hall–Kier alpha value is -0.960. The van der Waals surface area contributed by atoms with Gasteiger partial charge >= 0.3 is 0 Å². The first kappa shape index (κ1) is 15.3. The molecule has 1 heterocycles. The van der Waals surface area contributed by atoms with Crippen LogP contribution in [0.2, 0.25) is 0 Å². The Morgan fingerprint density at radius 2 is 1.58 bits per heavy atom. The molecule has 1 aromatic carbocycles.